The van der Waals surface area contributed by atoms with Gasteiger partial charge in [-0.15, -0.1) is 0 Å². The van der Waals surface area contributed by atoms with Crippen molar-refractivity contribution < 1.29 is 4.52 Å². The monoisotopic (exact) mass is 336 g/mol. The minimum absolute atomic E-state index is 0.213. The molecule has 0 amide bonds. The van der Waals surface area contributed by atoms with E-state index in [1.165, 1.54) is 11.1 Å². The lowest BCUT2D eigenvalue weighted by atomic mass is 10.0. The molecule has 0 aliphatic heterocycles. The van der Waals surface area contributed by atoms with E-state index in [2.05, 4.69) is 58.4 Å². The number of aromatic nitrogens is 1. The van der Waals surface area contributed by atoms with E-state index in [1.807, 2.05) is 19.9 Å². The zero-order valence-corrected chi connectivity index (χ0v) is 14.0. The highest BCUT2D eigenvalue weighted by Crippen LogP contribution is 2.27. The summed E-state index contributed by atoms with van der Waals surface area (Å²) in [5.41, 5.74) is 3.42. The van der Waals surface area contributed by atoms with E-state index >= 15 is 0 Å². The van der Waals surface area contributed by atoms with E-state index in [-0.39, 0.29) is 6.04 Å². The van der Waals surface area contributed by atoms with Gasteiger partial charge in [0.15, 0.2) is 0 Å². The second-order valence-electron chi connectivity index (χ2n) is 5.14. The minimum Gasteiger partial charge on any atom is -0.361 e. The predicted octanol–water partition coefficient (Wildman–Crippen LogP) is 4.86. The highest BCUT2D eigenvalue weighted by atomic mass is 79.9. The van der Waals surface area contributed by atoms with Gasteiger partial charge in [-0.1, -0.05) is 40.1 Å². The molecule has 4 heteroatoms. The lowest BCUT2D eigenvalue weighted by Crippen LogP contribution is -2.25. The Morgan fingerprint density at radius 3 is 2.65 bits per heavy atom. The average Bonchev–Trinajstić information content (AvgIpc) is 2.75. The maximum atomic E-state index is 5.26. The third-order valence-corrected chi connectivity index (χ3v) is 4.13. The van der Waals surface area contributed by atoms with Crippen LogP contribution in [0.15, 0.2) is 33.3 Å². The van der Waals surface area contributed by atoms with E-state index in [9.17, 15) is 0 Å². The molecule has 0 aliphatic rings. The Balaban J connectivity index is 2.18. The smallest absolute Gasteiger partial charge is 0.138 e. The summed E-state index contributed by atoms with van der Waals surface area (Å²) in [6.07, 6.45) is 1.03. The summed E-state index contributed by atoms with van der Waals surface area (Å²) in [5.74, 6) is 0.895. The molecule has 108 valence electrons. The largest absolute Gasteiger partial charge is 0.361 e. The van der Waals surface area contributed by atoms with Crippen molar-refractivity contribution in [3.8, 4) is 0 Å². The summed E-state index contributed by atoms with van der Waals surface area (Å²) in [4.78, 5) is 0. The van der Waals surface area contributed by atoms with Crippen LogP contribution in [-0.4, -0.2) is 5.16 Å². The molecule has 0 saturated carbocycles. The molecule has 2 rings (SSSR count). The Kier molecular flexibility index (Phi) is 5.00. The first-order chi connectivity index (χ1) is 9.52. The van der Waals surface area contributed by atoms with E-state index in [0.29, 0.717) is 6.04 Å². The zero-order chi connectivity index (χ0) is 14.7. The van der Waals surface area contributed by atoms with Crippen LogP contribution in [0.2, 0.25) is 0 Å². The van der Waals surface area contributed by atoms with Gasteiger partial charge in [0.1, 0.15) is 5.76 Å². The van der Waals surface area contributed by atoms with E-state index in [4.69, 9.17) is 4.52 Å². The molecule has 1 N–H and O–H groups in total. The quantitative estimate of drug-likeness (QED) is 0.847. The number of hydrogen-bond donors (Lipinski definition) is 1. The van der Waals surface area contributed by atoms with Crippen LogP contribution >= 0.6 is 15.9 Å². The van der Waals surface area contributed by atoms with Crippen LogP contribution in [0.3, 0.4) is 0 Å². The summed E-state index contributed by atoms with van der Waals surface area (Å²) in [6.45, 7) is 8.31. The summed E-state index contributed by atoms with van der Waals surface area (Å²) >= 11 is 3.54. The average molecular weight is 337 g/mol. The topological polar surface area (TPSA) is 38.1 Å². The molecular formula is C16H21BrN2O. The molecule has 0 fully saturated rings. The first-order valence-corrected chi connectivity index (χ1v) is 7.76. The van der Waals surface area contributed by atoms with Crippen LogP contribution in [0.25, 0.3) is 0 Å². The molecule has 0 bridgehead atoms. The molecule has 2 atom stereocenters. The Bertz CT molecular complexity index is 560. The van der Waals surface area contributed by atoms with Crippen molar-refractivity contribution in [1.29, 1.82) is 0 Å². The van der Waals surface area contributed by atoms with Gasteiger partial charge in [0, 0.05) is 22.1 Å². The number of rotatable bonds is 5. The summed E-state index contributed by atoms with van der Waals surface area (Å²) in [6, 6.07) is 8.98. The van der Waals surface area contributed by atoms with Gasteiger partial charge >= 0.3 is 0 Å². The van der Waals surface area contributed by atoms with Crippen LogP contribution in [0.4, 0.5) is 0 Å². The van der Waals surface area contributed by atoms with Crippen molar-refractivity contribution in [1.82, 2.24) is 10.5 Å². The van der Waals surface area contributed by atoms with Crippen molar-refractivity contribution in [2.75, 3.05) is 0 Å². The van der Waals surface area contributed by atoms with Crippen molar-refractivity contribution >= 4 is 15.9 Å². The predicted molar refractivity (Wildman–Crippen MR) is 84.7 cm³/mol. The number of nitrogens with one attached hydrogen (secondary N) is 1. The van der Waals surface area contributed by atoms with E-state index < -0.39 is 0 Å². The van der Waals surface area contributed by atoms with Gasteiger partial charge in [0.05, 0.1) is 5.69 Å². The molecule has 0 radical (unpaired) electrons. The fourth-order valence-electron chi connectivity index (χ4n) is 2.67. The molecule has 1 aromatic heterocycles. The van der Waals surface area contributed by atoms with Crippen molar-refractivity contribution in [3.05, 3.63) is 51.3 Å². The minimum atomic E-state index is 0.213. The Labute approximate surface area is 128 Å². The lowest BCUT2D eigenvalue weighted by Gasteiger charge is -2.23. The molecule has 2 aromatic rings. The highest BCUT2D eigenvalue weighted by Gasteiger charge is 2.19. The highest BCUT2D eigenvalue weighted by molar-refractivity contribution is 9.10. The maximum Gasteiger partial charge on any atom is 0.138 e. The van der Waals surface area contributed by atoms with E-state index in [1.54, 1.807) is 0 Å². The molecule has 3 nitrogen and oxygen atoms in total. The van der Waals surface area contributed by atoms with Gasteiger partial charge in [-0.25, -0.2) is 0 Å². The number of benzene rings is 1. The maximum absolute atomic E-state index is 5.26. The van der Waals surface area contributed by atoms with Crippen molar-refractivity contribution in [3.63, 3.8) is 0 Å². The first-order valence-electron chi connectivity index (χ1n) is 6.97. The van der Waals surface area contributed by atoms with Gasteiger partial charge in [0.25, 0.3) is 0 Å². The van der Waals surface area contributed by atoms with Crippen LogP contribution in [-0.2, 0) is 0 Å². The van der Waals surface area contributed by atoms with Crippen molar-refractivity contribution in [2.24, 2.45) is 0 Å². The van der Waals surface area contributed by atoms with Gasteiger partial charge in [-0.2, -0.15) is 0 Å². The normalized spacial score (nSPS) is 14.2. The summed E-state index contributed by atoms with van der Waals surface area (Å²) in [7, 11) is 0. The molecule has 0 aliphatic carbocycles. The van der Waals surface area contributed by atoms with Gasteiger partial charge in [-0.05, 0) is 44.9 Å². The second-order valence-corrected chi connectivity index (χ2v) is 6.06. The molecule has 0 saturated heterocycles. The number of aryl methyl sites for hydroxylation is 2. The van der Waals surface area contributed by atoms with Crippen LogP contribution < -0.4 is 5.32 Å². The zero-order valence-electron chi connectivity index (χ0n) is 12.4. The third-order valence-electron chi connectivity index (χ3n) is 3.63. The number of hydrogen-bond acceptors (Lipinski definition) is 3. The Hall–Kier alpha value is -1.13. The van der Waals surface area contributed by atoms with Crippen molar-refractivity contribution in [2.45, 2.75) is 46.2 Å². The third kappa shape index (κ3) is 3.30. The molecule has 1 heterocycles. The number of halogens is 1. The fraction of sp³-hybridized carbons (Fsp3) is 0.438. The standard InChI is InChI=1S/C16H21BrN2O/c1-5-15(13-7-6-8-14(17)9-13)18-10(2)16-11(3)19-20-12(16)4/h6-10,15,18H,5H2,1-4H3. The first kappa shape index (κ1) is 15.3. The molecule has 20 heavy (non-hydrogen) atoms. The molecule has 1 aromatic carbocycles. The molecule has 0 spiro atoms. The summed E-state index contributed by atoms with van der Waals surface area (Å²) in [5, 5.41) is 7.71. The van der Waals surface area contributed by atoms with Crippen LogP contribution in [0, 0.1) is 13.8 Å². The number of nitrogens with zero attached hydrogens (tertiary/aromatic N) is 1. The molecular weight excluding hydrogens is 316 g/mol. The lowest BCUT2D eigenvalue weighted by molar-refractivity contribution is 0.388. The fourth-order valence-corrected chi connectivity index (χ4v) is 3.08. The van der Waals surface area contributed by atoms with E-state index in [0.717, 1.165) is 22.3 Å². The Morgan fingerprint density at radius 1 is 1.35 bits per heavy atom. The van der Waals surface area contributed by atoms with Gasteiger partial charge in [0.2, 0.25) is 0 Å². The van der Waals surface area contributed by atoms with Crippen LogP contribution in [0.5, 0.6) is 0 Å². The Morgan fingerprint density at radius 2 is 2.10 bits per heavy atom. The SMILES string of the molecule is CCC(NC(C)c1c(C)noc1C)c1cccc(Br)c1. The van der Waals surface area contributed by atoms with Gasteiger partial charge < -0.3 is 9.84 Å². The van der Waals surface area contributed by atoms with Gasteiger partial charge in [-0.3, -0.25) is 0 Å². The van der Waals surface area contributed by atoms with Crippen LogP contribution in [0.1, 0.15) is 54.9 Å². The second kappa shape index (κ2) is 6.55. The summed E-state index contributed by atoms with van der Waals surface area (Å²) < 4.78 is 6.37. The molecule has 2 unspecified atom stereocenters.